The van der Waals surface area contributed by atoms with Crippen LogP contribution in [-0.4, -0.2) is 24.3 Å². The fourth-order valence-electron chi connectivity index (χ4n) is 1.73. The first-order chi connectivity index (χ1) is 9.12. The van der Waals surface area contributed by atoms with Crippen molar-refractivity contribution in [3.63, 3.8) is 0 Å². The highest BCUT2D eigenvalue weighted by atomic mass is 16.5. The van der Waals surface area contributed by atoms with Crippen LogP contribution in [0, 0.1) is 0 Å². The Hall–Kier alpha value is -1.97. The molecule has 19 heavy (non-hydrogen) atoms. The van der Waals surface area contributed by atoms with E-state index in [1.807, 2.05) is 0 Å². The maximum atomic E-state index is 10.6. The van der Waals surface area contributed by atoms with Gasteiger partial charge in [-0.15, -0.1) is 0 Å². The third-order valence-corrected chi connectivity index (χ3v) is 2.83. The molecule has 1 rings (SSSR count). The van der Waals surface area contributed by atoms with Gasteiger partial charge in [-0.1, -0.05) is 26.0 Å². The van der Waals surface area contributed by atoms with Crippen molar-refractivity contribution >= 4 is 12.0 Å². The lowest BCUT2D eigenvalue weighted by Gasteiger charge is -2.19. The zero-order valence-corrected chi connectivity index (χ0v) is 11.6. The van der Waals surface area contributed by atoms with Crippen LogP contribution >= 0.6 is 0 Å². The molecule has 4 nitrogen and oxygen atoms in total. The molecule has 0 aliphatic heterocycles. The molecule has 0 saturated carbocycles. The van der Waals surface area contributed by atoms with Gasteiger partial charge in [0.2, 0.25) is 0 Å². The Morgan fingerprint density at radius 2 is 2.05 bits per heavy atom. The molecule has 1 aromatic carbocycles. The second-order valence-corrected chi connectivity index (χ2v) is 4.11. The number of rotatable bonds is 7. The van der Waals surface area contributed by atoms with Crippen molar-refractivity contribution in [2.45, 2.75) is 32.8 Å². The van der Waals surface area contributed by atoms with Gasteiger partial charge in [-0.25, -0.2) is 4.79 Å². The maximum absolute atomic E-state index is 10.6. The number of hydrogen-bond donors (Lipinski definition) is 1. The first kappa shape index (κ1) is 15.1. The lowest BCUT2D eigenvalue weighted by molar-refractivity contribution is -0.131. The lowest BCUT2D eigenvalue weighted by Crippen LogP contribution is -2.14. The fourth-order valence-corrected chi connectivity index (χ4v) is 1.73. The molecule has 0 fully saturated rings. The highest BCUT2D eigenvalue weighted by Gasteiger charge is 2.13. The van der Waals surface area contributed by atoms with Crippen LogP contribution in [0.2, 0.25) is 0 Å². The number of aliphatic carboxylic acids is 1. The largest absolute Gasteiger partial charge is 0.493 e. The molecule has 0 saturated heterocycles. The summed E-state index contributed by atoms with van der Waals surface area (Å²) in [6.07, 6.45) is 4.47. The minimum atomic E-state index is -0.990. The summed E-state index contributed by atoms with van der Waals surface area (Å²) in [5, 5.41) is 8.71. The summed E-state index contributed by atoms with van der Waals surface area (Å²) in [5.41, 5.74) is 0.702. The standard InChI is InChI=1S/C15H20O4/c1-4-12(5-2)19-15-11(9-10-14(16)17)7-6-8-13(15)18-3/h6-10,12H,4-5H2,1-3H3,(H,16,17). The number of carboxylic acid groups (broad SMARTS) is 1. The van der Waals surface area contributed by atoms with Crippen molar-refractivity contribution in [1.29, 1.82) is 0 Å². The first-order valence-corrected chi connectivity index (χ1v) is 6.37. The van der Waals surface area contributed by atoms with Gasteiger partial charge in [-0.2, -0.15) is 0 Å². The van der Waals surface area contributed by atoms with Crippen molar-refractivity contribution in [2.24, 2.45) is 0 Å². The zero-order valence-electron chi connectivity index (χ0n) is 11.6. The Morgan fingerprint density at radius 1 is 1.37 bits per heavy atom. The predicted octanol–water partition coefficient (Wildman–Crippen LogP) is 3.36. The second kappa shape index (κ2) is 7.46. The summed E-state index contributed by atoms with van der Waals surface area (Å²) >= 11 is 0. The third-order valence-electron chi connectivity index (χ3n) is 2.83. The van der Waals surface area contributed by atoms with Crippen molar-refractivity contribution in [3.05, 3.63) is 29.8 Å². The molecule has 0 spiro atoms. The van der Waals surface area contributed by atoms with Crippen molar-refractivity contribution in [1.82, 2.24) is 0 Å². The number of ether oxygens (including phenoxy) is 2. The molecule has 4 heteroatoms. The molecule has 0 unspecified atom stereocenters. The van der Waals surface area contributed by atoms with Gasteiger partial charge in [-0.3, -0.25) is 0 Å². The Labute approximate surface area is 113 Å². The molecule has 1 N–H and O–H groups in total. The van der Waals surface area contributed by atoms with E-state index < -0.39 is 5.97 Å². The summed E-state index contributed by atoms with van der Waals surface area (Å²) in [5.74, 6) is 0.215. The summed E-state index contributed by atoms with van der Waals surface area (Å²) in [4.78, 5) is 10.6. The average Bonchev–Trinajstić information content (AvgIpc) is 2.42. The Morgan fingerprint density at radius 3 is 2.58 bits per heavy atom. The van der Waals surface area contributed by atoms with Gasteiger partial charge in [0, 0.05) is 11.6 Å². The van der Waals surface area contributed by atoms with Gasteiger partial charge >= 0.3 is 5.97 Å². The number of benzene rings is 1. The van der Waals surface area contributed by atoms with Crippen molar-refractivity contribution in [3.8, 4) is 11.5 Å². The minimum absolute atomic E-state index is 0.0910. The van der Waals surface area contributed by atoms with Crippen LogP contribution in [0.3, 0.4) is 0 Å². The number of carboxylic acids is 1. The Balaban J connectivity index is 3.12. The number of carbonyl (C=O) groups is 1. The SMILES string of the molecule is CCC(CC)Oc1c(C=CC(=O)O)cccc1OC. The molecule has 1 aromatic rings. The normalized spacial score (nSPS) is 10.9. The molecule has 0 radical (unpaired) electrons. The van der Waals surface area contributed by atoms with E-state index >= 15 is 0 Å². The topological polar surface area (TPSA) is 55.8 Å². The lowest BCUT2D eigenvalue weighted by atomic mass is 10.1. The van der Waals surface area contributed by atoms with Gasteiger partial charge < -0.3 is 14.6 Å². The molecule has 0 aliphatic carbocycles. The summed E-state index contributed by atoms with van der Waals surface area (Å²) in [6.45, 7) is 4.10. The zero-order chi connectivity index (χ0) is 14.3. The molecule has 0 aliphatic rings. The summed E-state index contributed by atoms with van der Waals surface area (Å²) < 4.78 is 11.2. The smallest absolute Gasteiger partial charge is 0.328 e. The van der Waals surface area contributed by atoms with E-state index in [1.165, 1.54) is 6.08 Å². The van der Waals surface area contributed by atoms with Crippen LogP contribution in [0.25, 0.3) is 6.08 Å². The first-order valence-electron chi connectivity index (χ1n) is 6.37. The molecule has 0 heterocycles. The van der Waals surface area contributed by atoms with Crippen molar-refractivity contribution < 1.29 is 19.4 Å². The number of para-hydroxylation sites is 1. The van der Waals surface area contributed by atoms with E-state index in [9.17, 15) is 4.79 Å². The van der Waals surface area contributed by atoms with E-state index in [1.54, 1.807) is 25.3 Å². The minimum Gasteiger partial charge on any atom is -0.493 e. The highest BCUT2D eigenvalue weighted by Crippen LogP contribution is 2.33. The van der Waals surface area contributed by atoms with Crippen LogP contribution in [0.15, 0.2) is 24.3 Å². The third kappa shape index (κ3) is 4.32. The molecular formula is C15H20O4. The molecule has 0 atom stereocenters. The van der Waals surface area contributed by atoms with Crippen LogP contribution in [-0.2, 0) is 4.79 Å². The van der Waals surface area contributed by atoms with E-state index in [0.717, 1.165) is 18.9 Å². The van der Waals surface area contributed by atoms with E-state index in [0.29, 0.717) is 17.1 Å². The van der Waals surface area contributed by atoms with E-state index in [-0.39, 0.29) is 6.10 Å². The molecule has 0 amide bonds. The van der Waals surface area contributed by atoms with E-state index in [4.69, 9.17) is 14.6 Å². The summed E-state index contributed by atoms with van der Waals surface area (Å²) in [7, 11) is 1.57. The van der Waals surface area contributed by atoms with E-state index in [2.05, 4.69) is 13.8 Å². The Bertz CT molecular complexity index is 447. The molecule has 104 valence electrons. The van der Waals surface area contributed by atoms with Crippen molar-refractivity contribution in [2.75, 3.05) is 7.11 Å². The Kier molecular flexibility index (Phi) is 5.93. The second-order valence-electron chi connectivity index (χ2n) is 4.11. The predicted molar refractivity (Wildman–Crippen MR) is 74.7 cm³/mol. The monoisotopic (exact) mass is 264 g/mol. The van der Waals surface area contributed by atoms with Crippen LogP contribution in [0.4, 0.5) is 0 Å². The fraction of sp³-hybridized carbons (Fsp3) is 0.400. The van der Waals surface area contributed by atoms with Crippen LogP contribution in [0.5, 0.6) is 11.5 Å². The molecule has 0 aromatic heterocycles. The maximum Gasteiger partial charge on any atom is 0.328 e. The van der Waals surface area contributed by atoms with Gasteiger partial charge in [0.15, 0.2) is 11.5 Å². The number of methoxy groups -OCH3 is 1. The van der Waals surface area contributed by atoms with Crippen LogP contribution in [0.1, 0.15) is 32.3 Å². The molecule has 0 bridgehead atoms. The van der Waals surface area contributed by atoms with Gasteiger partial charge in [0.05, 0.1) is 13.2 Å². The number of hydrogen-bond acceptors (Lipinski definition) is 3. The average molecular weight is 264 g/mol. The highest BCUT2D eigenvalue weighted by molar-refractivity contribution is 5.86. The quantitative estimate of drug-likeness (QED) is 0.767. The summed E-state index contributed by atoms with van der Waals surface area (Å²) in [6, 6.07) is 5.41. The van der Waals surface area contributed by atoms with Gasteiger partial charge in [0.1, 0.15) is 0 Å². The van der Waals surface area contributed by atoms with Crippen LogP contribution < -0.4 is 9.47 Å². The van der Waals surface area contributed by atoms with Gasteiger partial charge in [-0.05, 0) is 25.0 Å². The molecular weight excluding hydrogens is 244 g/mol. The van der Waals surface area contributed by atoms with Gasteiger partial charge in [0.25, 0.3) is 0 Å².